The Morgan fingerprint density at radius 2 is 1.91 bits per heavy atom. The third kappa shape index (κ3) is 7.11. The van der Waals surface area contributed by atoms with Crippen LogP contribution in [-0.4, -0.2) is 42.1 Å². The van der Waals surface area contributed by atoms with E-state index >= 15 is 0 Å². The van der Waals surface area contributed by atoms with Crippen molar-refractivity contribution in [3.63, 3.8) is 0 Å². The Bertz CT molecular complexity index is 1020. The molecule has 174 valence electrons. The first-order valence-corrected chi connectivity index (χ1v) is 10.7. The minimum absolute atomic E-state index is 0.245. The number of fused-ring (bicyclic) bond motifs is 1. The van der Waals surface area contributed by atoms with Gasteiger partial charge in [0.1, 0.15) is 17.4 Å². The van der Waals surface area contributed by atoms with Gasteiger partial charge in [-0.05, 0) is 36.5 Å². The van der Waals surface area contributed by atoms with Crippen LogP contribution in [0.5, 0.6) is 5.75 Å². The number of hydrogen-bond donors (Lipinski definition) is 3. The first-order valence-electron chi connectivity index (χ1n) is 10.7. The van der Waals surface area contributed by atoms with Crippen molar-refractivity contribution in [2.75, 3.05) is 13.2 Å². The van der Waals surface area contributed by atoms with Gasteiger partial charge in [0, 0.05) is 17.5 Å². The predicted octanol–water partition coefficient (Wildman–Crippen LogP) is 2.25. The number of carbonyl (C=O) groups is 3. The van der Waals surface area contributed by atoms with Crippen LogP contribution in [0.4, 0.5) is 0 Å². The summed E-state index contributed by atoms with van der Waals surface area (Å²) in [6.45, 7) is 4.91. The molecule has 2 aromatic rings. The number of nitrogens with one attached hydrogen (secondary N) is 2. The Kier molecular flexibility index (Phi) is 9.24. The third-order valence-corrected chi connectivity index (χ3v) is 5.21. The molecule has 0 saturated carbocycles. The molecule has 0 saturated heterocycles. The normalized spacial score (nSPS) is 12.7. The van der Waals surface area contributed by atoms with Gasteiger partial charge < -0.3 is 24.9 Å². The first kappa shape index (κ1) is 24.9. The van der Waals surface area contributed by atoms with Gasteiger partial charge in [0.15, 0.2) is 6.61 Å². The molecule has 0 aliphatic rings. The van der Waals surface area contributed by atoms with E-state index in [9.17, 15) is 24.3 Å². The molecule has 1 aromatic heterocycles. The van der Waals surface area contributed by atoms with E-state index in [1.54, 1.807) is 25.1 Å². The van der Waals surface area contributed by atoms with Crippen molar-refractivity contribution in [3.05, 3.63) is 40.2 Å². The van der Waals surface area contributed by atoms with E-state index < -0.39 is 29.5 Å². The molecule has 9 heteroatoms. The van der Waals surface area contributed by atoms with Crippen molar-refractivity contribution >= 4 is 28.8 Å². The molecule has 0 aliphatic carbocycles. The Morgan fingerprint density at radius 3 is 2.56 bits per heavy atom. The molecule has 0 fully saturated rings. The maximum Gasteiger partial charge on any atom is 0.336 e. The zero-order valence-corrected chi connectivity index (χ0v) is 18.6. The van der Waals surface area contributed by atoms with Gasteiger partial charge in [-0.15, -0.1) is 0 Å². The predicted molar refractivity (Wildman–Crippen MR) is 119 cm³/mol. The minimum Gasteiger partial charge on any atom is -0.484 e. The van der Waals surface area contributed by atoms with Crippen molar-refractivity contribution in [1.82, 2.24) is 10.6 Å². The quantitative estimate of drug-likeness (QED) is 0.426. The van der Waals surface area contributed by atoms with Gasteiger partial charge in [-0.25, -0.2) is 9.59 Å². The number of carbonyl (C=O) groups excluding carboxylic acids is 2. The number of hydrogen-bond acceptors (Lipinski definition) is 6. The Morgan fingerprint density at radius 1 is 1.16 bits per heavy atom. The van der Waals surface area contributed by atoms with E-state index in [0.717, 1.165) is 30.2 Å². The Hall–Kier alpha value is -3.36. The van der Waals surface area contributed by atoms with E-state index in [1.807, 2.05) is 6.92 Å². The van der Waals surface area contributed by atoms with Crippen LogP contribution >= 0.6 is 0 Å². The molecule has 0 bridgehead atoms. The van der Waals surface area contributed by atoms with Crippen molar-refractivity contribution in [2.24, 2.45) is 5.92 Å². The molecule has 3 N–H and O–H groups in total. The Balaban J connectivity index is 1.91. The zero-order chi connectivity index (χ0) is 23.7. The Labute approximate surface area is 186 Å². The summed E-state index contributed by atoms with van der Waals surface area (Å²) in [5.74, 6) is -2.17. The fraction of sp³-hybridized carbons (Fsp3) is 0.478. The molecule has 1 aromatic carbocycles. The molecule has 2 unspecified atom stereocenters. The standard InChI is InChI=1S/C23H30N2O7/c1-4-6-7-15-10-21(28)32-18-11-16(8-9-17(15)18)31-13-20(27)24-12-19(26)25-22(23(29)30)14(3)5-2/h8-11,14,22H,4-7,12-13H2,1-3H3,(H,24,27)(H,25,26)(H,29,30). The first-order chi connectivity index (χ1) is 15.2. The third-order valence-electron chi connectivity index (χ3n) is 5.21. The average Bonchev–Trinajstić information content (AvgIpc) is 2.77. The highest BCUT2D eigenvalue weighted by molar-refractivity contribution is 5.88. The maximum atomic E-state index is 12.0. The van der Waals surface area contributed by atoms with E-state index in [4.69, 9.17) is 9.15 Å². The highest BCUT2D eigenvalue weighted by atomic mass is 16.5. The molecule has 0 spiro atoms. The lowest BCUT2D eigenvalue weighted by molar-refractivity contribution is -0.143. The van der Waals surface area contributed by atoms with Gasteiger partial charge in [0.2, 0.25) is 5.91 Å². The zero-order valence-electron chi connectivity index (χ0n) is 18.6. The van der Waals surface area contributed by atoms with Crippen molar-refractivity contribution in [1.29, 1.82) is 0 Å². The largest absolute Gasteiger partial charge is 0.484 e. The second-order valence-corrected chi connectivity index (χ2v) is 7.69. The van der Waals surface area contributed by atoms with Crippen molar-refractivity contribution < 1.29 is 28.6 Å². The molecular weight excluding hydrogens is 416 g/mol. The summed E-state index contributed by atoms with van der Waals surface area (Å²) in [5.41, 5.74) is 0.845. The summed E-state index contributed by atoms with van der Waals surface area (Å²) in [4.78, 5) is 47.1. The van der Waals surface area contributed by atoms with Crippen LogP contribution in [0.1, 0.15) is 45.6 Å². The molecule has 32 heavy (non-hydrogen) atoms. The van der Waals surface area contributed by atoms with Crippen LogP contribution in [-0.2, 0) is 20.8 Å². The fourth-order valence-corrected chi connectivity index (χ4v) is 3.16. The van der Waals surface area contributed by atoms with Gasteiger partial charge in [-0.3, -0.25) is 9.59 Å². The highest BCUT2D eigenvalue weighted by Crippen LogP contribution is 2.23. The van der Waals surface area contributed by atoms with Crippen molar-refractivity contribution in [3.8, 4) is 5.75 Å². The number of carboxylic acid groups (broad SMARTS) is 1. The number of benzene rings is 1. The number of unbranched alkanes of at least 4 members (excludes halogenated alkanes) is 1. The molecule has 2 amide bonds. The summed E-state index contributed by atoms with van der Waals surface area (Å²) in [6, 6.07) is 5.49. The van der Waals surface area contributed by atoms with Crippen LogP contribution in [0.3, 0.4) is 0 Å². The monoisotopic (exact) mass is 446 g/mol. The minimum atomic E-state index is -1.12. The van der Waals surface area contributed by atoms with Crippen LogP contribution in [0.2, 0.25) is 0 Å². The SMILES string of the molecule is CCCCc1cc(=O)oc2cc(OCC(=O)NCC(=O)NC(C(=O)O)C(C)CC)ccc12. The van der Waals surface area contributed by atoms with Crippen LogP contribution in [0.25, 0.3) is 11.0 Å². The lowest BCUT2D eigenvalue weighted by atomic mass is 9.99. The molecule has 0 aliphatic heterocycles. The number of amides is 2. The second-order valence-electron chi connectivity index (χ2n) is 7.69. The van der Waals surface area contributed by atoms with Gasteiger partial charge in [-0.1, -0.05) is 33.6 Å². The summed E-state index contributed by atoms with van der Waals surface area (Å²) in [5, 5.41) is 14.8. The second kappa shape index (κ2) is 11.9. The molecule has 2 atom stereocenters. The van der Waals surface area contributed by atoms with Crippen LogP contribution < -0.4 is 21.0 Å². The fourth-order valence-electron chi connectivity index (χ4n) is 3.16. The van der Waals surface area contributed by atoms with Crippen molar-refractivity contribution in [2.45, 2.75) is 52.5 Å². The van der Waals surface area contributed by atoms with E-state index in [1.165, 1.54) is 6.07 Å². The number of aliphatic carboxylic acids is 1. The maximum absolute atomic E-state index is 12.0. The van der Waals surface area contributed by atoms with Gasteiger partial charge >= 0.3 is 11.6 Å². The smallest absolute Gasteiger partial charge is 0.336 e. The number of aryl methyl sites for hydroxylation is 1. The summed E-state index contributed by atoms with van der Waals surface area (Å²) in [7, 11) is 0. The van der Waals surface area contributed by atoms with E-state index in [0.29, 0.717) is 17.8 Å². The molecule has 1 heterocycles. The summed E-state index contributed by atoms with van der Waals surface area (Å²) in [6.07, 6.45) is 3.31. The van der Waals surface area contributed by atoms with Crippen LogP contribution in [0, 0.1) is 5.92 Å². The number of carboxylic acids is 1. The molecule has 0 radical (unpaired) electrons. The molecule has 2 rings (SSSR count). The molecule has 9 nitrogen and oxygen atoms in total. The summed E-state index contributed by atoms with van der Waals surface area (Å²) >= 11 is 0. The number of ether oxygens (including phenoxy) is 1. The molecular formula is C23H30N2O7. The lowest BCUT2D eigenvalue weighted by Gasteiger charge is -2.20. The van der Waals surface area contributed by atoms with Gasteiger partial charge in [0.05, 0.1) is 6.54 Å². The number of rotatable bonds is 12. The summed E-state index contributed by atoms with van der Waals surface area (Å²) < 4.78 is 10.7. The topological polar surface area (TPSA) is 135 Å². The lowest BCUT2D eigenvalue weighted by Crippen LogP contribution is -2.48. The van der Waals surface area contributed by atoms with E-state index in [-0.39, 0.29) is 19.1 Å². The van der Waals surface area contributed by atoms with Gasteiger partial charge in [0.25, 0.3) is 5.91 Å². The van der Waals surface area contributed by atoms with E-state index in [2.05, 4.69) is 17.6 Å². The van der Waals surface area contributed by atoms with Crippen LogP contribution in [0.15, 0.2) is 33.5 Å². The highest BCUT2D eigenvalue weighted by Gasteiger charge is 2.25. The average molecular weight is 447 g/mol. The van der Waals surface area contributed by atoms with Gasteiger partial charge in [-0.2, -0.15) is 0 Å².